The van der Waals surface area contributed by atoms with Gasteiger partial charge in [-0.05, 0) is 31.4 Å². The number of carbonyl (C=O) groups excluding carboxylic acids is 1. The summed E-state index contributed by atoms with van der Waals surface area (Å²) in [6.07, 6.45) is 2.95. The van der Waals surface area contributed by atoms with Crippen molar-refractivity contribution in [3.05, 3.63) is 29.8 Å². The first-order chi connectivity index (χ1) is 8.16. The Morgan fingerprint density at radius 3 is 2.72 bits per heavy atom. The van der Waals surface area contributed by atoms with Gasteiger partial charge in [0.1, 0.15) is 11.8 Å². The van der Waals surface area contributed by atoms with Crippen LogP contribution < -0.4 is 24.0 Å². The van der Waals surface area contributed by atoms with Gasteiger partial charge in [0, 0.05) is 12.1 Å². The molecule has 1 aliphatic rings. The van der Waals surface area contributed by atoms with E-state index in [4.69, 9.17) is 0 Å². The first kappa shape index (κ1) is 13.1. The quantitative estimate of drug-likeness (QED) is 0.586. The number of carbonyl (C=O) groups is 1. The third-order valence-electron chi connectivity index (χ3n) is 3.27. The minimum atomic E-state index is -1.31. The Bertz CT molecular complexity index is 607. The number of carboxylic acid groups (broad SMARTS) is 1. The number of halogens is 1. The SMILES string of the molecule is O=C([O-])c1nc2cc(F)ccc2n1C1CCC1.[Li+]. The topological polar surface area (TPSA) is 57.9 Å². The molecule has 4 nitrogen and oxygen atoms in total. The van der Waals surface area contributed by atoms with E-state index in [2.05, 4.69) is 4.98 Å². The van der Waals surface area contributed by atoms with E-state index in [1.165, 1.54) is 12.1 Å². The Kier molecular flexibility index (Phi) is 3.47. The minimum absolute atomic E-state index is 0. The van der Waals surface area contributed by atoms with E-state index in [-0.39, 0.29) is 30.7 Å². The molecule has 0 unspecified atom stereocenters. The molecule has 6 heteroatoms. The summed E-state index contributed by atoms with van der Waals surface area (Å²) in [4.78, 5) is 15.0. The number of benzene rings is 1. The van der Waals surface area contributed by atoms with Crippen LogP contribution in [-0.4, -0.2) is 15.5 Å². The van der Waals surface area contributed by atoms with Gasteiger partial charge in [0.15, 0.2) is 5.82 Å². The van der Waals surface area contributed by atoms with Gasteiger partial charge in [-0.2, -0.15) is 0 Å². The van der Waals surface area contributed by atoms with Gasteiger partial charge in [0.25, 0.3) is 0 Å². The summed E-state index contributed by atoms with van der Waals surface area (Å²) in [6.45, 7) is 0. The summed E-state index contributed by atoms with van der Waals surface area (Å²) in [5.41, 5.74) is 1.03. The molecule has 1 aromatic carbocycles. The van der Waals surface area contributed by atoms with Gasteiger partial charge in [0.05, 0.1) is 11.0 Å². The zero-order valence-corrected chi connectivity index (χ0v) is 10.0. The second kappa shape index (κ2) is 4.75. The third-order valence-corrected chi connectivity index (χ3v) is 3.27. The van der Waals surface area contributed by atoms with Gasteiger partial charge in [0.2, 0.25) is 0 Å². The average Bonchev–Trinajstić information content (AvgIpc) is 2.54. The summed E-state index contributed by atoms with van der Waals surface area (Å²) in [5.74, 6) is -1.83. The maximum atomic E-state index is 13.1. The molecule has 18 heavy (non-hydrogen) atoms. The van der Waals surface area contributed by atoms with E-state index in [9.17, 15) is 14.3 Å². The summed E-state index contributed by atoms with van der Waals surface area (Å²) in [5, 5.41) is 11.0. The fourth-order valence-corrected chi connectivity index (χ4v) is 2.23. The maximum absolute atomic E-state index is 13.1. The predicted octanol–water partition coefficient (Wildman–Crippen LogP) is -1.73. The Morgan fingerprint density at radius 1 is 1.44 bits per heavy atom. The van der Waals surface area contributed by atoms with Crippen LogP contribution in [0, 0.1) is 5.82 Å². The number of hydrogen-bond donors (Lipinski definition) is 0. The predicted molar refractivity (Wildman–Crippen MR) is 56.9 cm³/mol. The van der Waals surface area contributed by atoms with E-state index in [0.29, 0.717) is 11.0 Å². The Balaban J connectivity index is 0.00000120. The van der Waals surface area contributed by atoms with E-state index < -0.39 is 11.8 Å². The first-order valence-electron chi connectivity index (χ1n) is 5.55. The zero-order valence-electron chi connectivity index (χ0n) is 10.0. The van der Waals surface area contributed by atoms with Gasteiger partial charge in [-0.3, -0.25) is 0 Å². The molecule has 88 valence electrons. The van der Waals surface area contributed by atoms with Crippen LogP contribution in [0.4, 0.5) is 4.39 Å². The number of hydrogen-bond acceptors (Lipinski definition) is 3. The molecule has 0 spiro atoms. The average molecular weight is 240 g/mol. The molecule has 1 aromatic heterocycles. The number of aromatic carboxylic acids is 1. The number of aromatic nitrogens is 2. The molecule has 0 atom stereocenters. The molecule has 1 fully saturated rings. The van der Waals surface area contributed by atoms with Crippen LogP contribution in [-0.2, 0) is 0 Å². The molecular weight excluding hydrogens is 230 g/mol. The summed E-state index contributed by atoms with van der Waals surface area (Å²) in [7, 11) is 0. The Morgan fingerprint density at radius 2 is 2.17 bits per heavy atom. The fraction of sp³-hybridized carbons (Fsp3) is 0.333. The molecule has 1 saturated carbocycles. The first-order valence-corrected chi connectivity index (χ1v) is 5.55. The van der Waals surface area contributed by atoms with Gasteiger partial charge in [-0.25, -0.2) is 9.37 Å². The zero-order chi connectivity index (χ0) is 12.0. The summed E-state index contributed by atoms with van der Waals surface area (Å²) in [6, 6.07) is 4.29. The standard InChI is InChI=1S/C12H11FN2O2.Li/c13-7-4-5-10-9(6-7)14-11(12(16)17)15(10)8-2-1-3-8;/h4-6,8H,1-3H2,(H,16,17);/q;+1/p-1. The minimum Gasteiger partial charge on any atom is -0.542 e. The van der Waals surface area contributed by atoms with E-state index in [0.717, 1.165) is 19.3 Å². The van der Waals surface area contributed by atoms with Crippen LogP contribution in [0.15, 0.2) is 18.2 Å². The van der Waals surface area contributed by atoms with Crippen LogP contribution in [0.3, 0.4) is 0 Å². The van der Waals surface area contributed by atoms with Crippen LogP contribution in [0.2, 0.25) is 0 Å². The van der Waals surface area contributed by atoms with Crippen molar-refractivity contribution in [2.24, 2.45) is 0 Å². The molecule has 1 heterocycles. The normalized spacial score (nSPS) is 15.2. The number of nitrogens with zero attached hydrogens (tertiary/aromatic N) is 2. The molecule has 0 bridgehead atoms. The molecule has 0 amide bonds. The van der Waals surface area contributed by atoms with Gasteiger partial charge in [-0.15, -0.1) is 0 Å². The van der Waals surface area contributed by atoms with Crippen LogP contribution >= 0.6 is 0 Å². The van der Waals surface area contributed by atoms with Gasteiger partial charge in [-0.1, -0.05) is 0 Å². The van der Waals surface area contributed by atoms with Crippen molar-refractivity contribution in [1.82, 2.24) is 9.55 Å². The van der Waals surface area contributed by atoms with Gasteiger partial charge < -0.3 is 14.5 Å². The summed E-state index contributed by atoms with van der Waals surface area (Å²) >= 11 is 0. The van der Waals surface area contributed by atoms with Crippen molar-refractivity contribution < 1.29 is 33.2 Å². The Labute approximate surface area is 115 Å². The second-order valence-corrected chi connectivity index (χ2v) is 4.31. The molecule has 0 saturated heterocycles. The van der Waals surface area contributed by atoms with Crippen molar-refractivity contribution in [3.63, 3.8) is 0 Å². The van der Waals surface area contributed by atoms with Gasteiger partial charge >= 0.3 is 18.9 Å². The number of fused-ring (bicyclic) bond motifs is 1. The van der Waals surface area contributed by atoms with Crippen molar-refractivity contribution in [1.29, 1.82) is 0 Å². The maximum Gasteiger partial charge on any atom is 1.00 e. The van der Waals surface area contributed by atoms with Crippen LogP contribution in [0.5, 0.6) is 0 Å². The molecule has 0 N–H and O–H groups in total. The van der Waals surface area contributed by atoms with E-state index in [1.54, 1.807) is 10.6 Å². The van der Waals surface area contributed by atoms with Crippen molar-refractivity contribution in [2.75, 3.05) is 0 Å². The number of imidazole rings is 1. The van der Waals surface area contributed by atoms with Crippen LogP contribution in [0.1, 0.15) is 35.9 Å². The fourth-order valence-electron chi connectivity index (χ4n) is 2.23. The monoisotopic (exact) mass is 240 g/mol. The van der Waals surface area contributed by atoms with E-state index in [1.807, 2.05) is 0 Å². The molecular formula is C12H10FLiN2O2. The molecule has 0 radical (unpaired) electrons. The van der Waals surface area contributed by atoms with Crippen molar-refractivity contribution >= 4 is 17.0 Å². The largest absolute Gasteiger partial charge is 1.00 e. The summed E-state index contributed by atoms with van der Waals surface area (Å²) < 4.78 is 14.7. The number of rotatable bonds is 2. The van der Waals surface area contributed by atoms with Crippen LogP contribution in [0.25, 0.3) is 11.0 Å². The molecule has 1 aliphatic carbocycles. The smallest absolute Gasteiger partial charge is 0.542 e. The third kappa shape index (κ3) is 1.94. The number of carboxylic acids is 1. The molecule has 3 rings (SSSR count). The molecule has 0 aliphatic heterocycles. The van der Waals surface area contributed by atoms with Crippen molar-refractivity contribution in [3.8, 4) is 0 Å². The van der Waals surface area contributed by atoms with E-state index >= 15 is 0 Å². The Hall–Kier alpha value is -1.31. The van der Waals surface area contributed by atoms with Crippen molar-refractivity contribution in [2.45, 2.75) is 25.3 Å². The molecule has 2 aromatic rings. The second-order valence-electron chi connectivity index (χ2n) is 4.31.